The van der Waals surface area contributed by atoms with Gasteiger partial charge in [0.1, 0.15) is 17.4 Å². The summed E-state index contributed by atoms with van der Waals surface area (Å²) in [6, 6.07) is 15.1. The SMILES string of the molecule is CN(C)CCOc1ccc(-c2nc(-c3ccc(NS(C)(=O)=O)cc3)cs2)cc1. The fourth-order valence-electron chi connectivity index (χ4n) is 2.50. The highest BCUT2D eigenvalue weighted by Crippen LogP contribution is 2.30. The Balaban J connectivity index is 1.68. The third-order valence-corrected chi connectivity index (χ3v) is 5.39. The zero-order valence-electron chi connectivity index (χ0n) is 16.0. The summed E-state index contributed by atoms with van der Waals surface area (Å²) in [5.41, 5.74) is 3.36. The lowest BCUT2D eigenvalue weighted by Crippen LogP contribution is -2.19. The summed E-state index contributed by atoms with van der Waals surface area (Å²) >= 11 is 1.57. The van der Waals surface area contributed by atoms with Gasteiger partial charge in [-0.25, -0.2) is 13.4 Å². The van der Waals surface area contributed by atoms with Gasteiger partial charge in [0.25, 0.3) is 0 Å². The molecule has 0 unspecified atom stereocenters. The van der Waals surface area contributed by atoms with E-state index in [2.05, 4.69) is 9.62 Å². The first-order valence-electron chi connectivity index (χ1n) is 8.72. The molecule has 1 N–H and O–H groups in total. The predicted octanol–water partition coefficient (Wildman–Crippen LogP) is 3.79. The summed E-state index contributed by atoms with van der Waals surface area (Å²) in [5.74, 6) is 0.844. The van der Waals surface area contributed by atoms with Crippen LogP contribution in [0.2, 0.25) is 0 Å². The molecular weight excluding hydrogens is 394 g/mol. The molecule has 3 rings (SSSR count). The van der Waals surface area contributed by atoms with E-state index in [1.54, 1.807) is 23.5 Å². The number of nitrogens with one attached hydrogen (secondary N) is 1. The highest BCUT2D eigenvalue weighted by atomic mass is 32.2. The van der Waals surface area contributed by atoms with Crippen molar-refractivity contribution in [3.63, 3.8) is 0 Å². The summed E-state index contributed by atoms with van der Waals surface area (Å²) in [6.07, 6.45) is 1.13. The number of rotatable bonds is 8. The summed E-state index contributed by atoms with van der Waals surface area (Å²) in [5, 5.41) is 2.92. The smallest absolute Gasteiger partial charge is 0.229 e. The molecule has 0 aliphatic carbocycles. The minimum Gasteiger partial charge on any atom is -0.492 e. The number of nitrogens with zero attached hydrogens (tertiary/aromatic N) is 2. The Morgan fingerprint density at radius 3 is 2.29 bits per heavy atom. The summed E-state index contributed by atoms with van der Waals surface area (Å²) in [4.78, 5) is 6.78. The number of sulfonamides is 1. The van der Waals surface area contributed by atoms with Gasteiger partial charge in [0.05, 0.1) is 11.9 Å². The number of aromatic nitrogens is 1. The van der Waals surface area contributed by atoms with Gasteiger partial charge in [-0.3, -0.25) is 4.72 Å². The molecule has 0 aliphatic rings. The number of likely N-dealkylation sites (N-methyl/N-ethyl adjacent to an activating group) is 1. The Labute approximate surface area is 169 Å². The first kappa shape index (κ1) is 20.3. The Bertz CT molecular complexity index is 1010. The van der Waals surface area contributed by atoms with Crippen LogP contribution in [0.5, 0.6) is 5.75 Å². The molecule has 6 nitrogen and oxygen atoms in total. The normalized spacial score (nSPS) is 11.6. The first-order valence-corrected chi connectivity index (χ1v) is 11.5. The summed E-state index contributed by atoms with van der Waals surface area (Å²) in [7, 11) is 0.756. The molecule has 8 heteroatoms. The highest BCUT2D eigenvalue weighted by molar-refractivity contribution is 7.92. The quantitative estimate of drug-likeness (QED) is 0.604. The average molecular weight is 418 g/mol. The van der Waals surface area contributed by atoms with Crippen molar-refractivity contribution in [3.05, 3.63) is 53.9 Å². The Kier molecular flexibility index (Phi) is 6.33. The van der Waals surface area contributed by atoms with E-state index >= 15 is 0 Å². The number of ether oxygens (including phenoxy) is 1. The second-order valence-electron chi connectivity index (χ2n) is 6.67. The third-order valence-electron chi connectivity index (χ3n) is 3.90. The van der Waals surface area contributed by atoms with Crippen LogP contribution in [-0.2, 0) is 10.0 Å². The fraction of sp³-hybridized carbons (Fsp3) is 0.250. The third kappa shape index (κ3) is 5.79. The van der Waals surface area contributed by atoms with E-state index in [1.165, 1.54) is 0 Å². The molecule has 0 fully saturated rings. The van der Waals surface area contributed by atoms with Crippen molar-refractivity contribution in [2.24, 2.45) is 0 Å². The fourth-order valence-corrected chi connectivity index (χ4v) is 3.90. The van der Waals surface area contributed by atoms with Gasteiger partial charge in [-0.2, -0.15) is 0 Å². The first-order chi connectivity index (χ1) is 13.3. The number of thiazole rings is 1. The molecule has 0 bridgehead atoms. The lowest BCUT2D eigenvalue weighted by Gasteiger charge is -2.11. The minimum absolute atomic E-state index is 0.534. The van der Waals surface area contributed by atoms with Crippen LogP contribution in [0.15, 0.2) is 53.9 Å². The van der Waals surface area contributed by atoms with Crippen LogP contribution in [0.1, 0.15) is 0 Å². The van der Waals surface area contributed by atoms with Crippen molar-refractivity contribution in [2.45, 2.75) is 0 Å². The minimum atomic E-state index is -3.28. The van der Waals surface area contributed by atoms with Crippen LogP contribution < -0.4 is 9.46 Å². The average Bonchev–Trinajstić information content (AvgIpc) is 3.11. The van der Waals surface area contributed by atoms with Gasteiger partial charge in [0.15, 0.2) is 0 Å². The molecule has 0 spiro atoms. The van der Waals surface area contributed by atoms with Gasteiger partial charge in [0, 0.05) is 28.7 Å². The van der Waals surface area contributed by atoms with E-state index in [1.807, 2.05) is 55.9 Å². The maximum Gasteiger partial charge on any atom is 0.229 e. The van der Waals surface area contributed by atoms with E-state index < -0.39 is 10.0 Å². The number of anilines is 1. The zero-order chi connectivity index (χ0) is 20.1. The largest absolute Gasteiger partial charge is 0.492 e. The van der Waals surface area contributed by atoms with E-state index in [9.17, 15) is 8.42 Å². The van der Waals surface area contributed by atoms with E-state index in [-0.39, 0.29) is 0 Å². The van der Waals surface area contributed by atoms with Gasteiger partial charge < -0.3 is 9.64 Å². The Morgan fingerprint density at radius 2 is 1.68 bits per heavy atom. The summed E-state index contributed by atoms with van der Waals surface area (Å²) < 4.78 is 30.8. The van der Waals surface area contributed by atoms with Crippen molar-refractivity contribution < 1.29 is 13.2 Å². The molecule has 0 aliphatic heterocycles. The summed E-state index contributed by atoms with van der Waals surface area (Å²) in [6.45, 7) is 1.52. The molecule has 0 saturated carbocycles. The predicted molar refractivity (Wildman–Crippen MR) is 116 cm³/mol. The number of hydrogen-bond acceptors (Lipinski definition) is 6. The molecule has 148 valence electrons. The van der Waals surface area contributed by atoms with Crippen LogP contribution >= 0.6 is 11.3 Å². The van der Waals surface area contributed by atoms with Crippen LogP contribution in [0.3, 0.4) is 0 Å². The van der Waals surface area contributed by atoms with E-state index in [0.717, 1.165) is 40.4 Å². The van der Waals surface area contributed by atoms with Crippen molar-refractivity contribution in [2.75, 3.05) is 38.2 Å². The standard InChI is InChI=1S/C20H23N3O3S2/c1-23(2)12-13-26-18-10-6-16(7-11-18)20-21-19(14-27-20)15-4-8-17(9-5-15)22-28(3,24)25/h4-11,14,22H,12-13H2,1-3H3. The second-order valence-corrected chi connectivity index (χ2v) is 9.27. The number of hydrogen-bond donors (Lipinski definition) is 1. The van der Waals surface area contributed by atoms with Crippen LogP contribution in [0.4, 0.5) is 5.69 Å². The van der Waals surface area contributed by atoms with E-state index in [4.69, 9.17) is 9.72 Å². The molecule has 0 amide bonds. The molecule has 28 heavy (non-hydrogen) atoms. The number of benzene rings is 2. The van der Waals surface area contributed by atoms with Gasteiger partial charge in [-0.05, 0) is 50.5 Å². The zero-order valence-corrected chi connectivity index (χ0v) is 17.7. The van der Waals surface area contributed by atoms with Crippen molar-refractivity contribution in [1.82, 2.24) is 9.88 Å². The lowest BCUT2D eigenvalue weighted by atomic mass is 10.1. The highest BCUT2D eigenvalue weighted by Gasteiger charge is 2.08. The van der Waals surface area contributed by atoms with Crippen molar-refractivity contribution in [3.8, 4) is 27.6 Å². The van der Waals surface area contributed by atoms with Crippen molar-refractivity contribution >= 4 is 27.0 Å². The molecule has 2 aromatic carbocycles. The van der Waals surface area contributed by atoms with Gasteiger partial charge in [-0.1, -0.05) is 12.1 Å². The second kappa shape index (κ2) is 8.72. The van der Waals surface area contributed by atoms with Gasteiger partial charge in [0.2, 0.25) is 10.0 Å². The topological polar surface area (TPSA) is 71.5 Å². The maximum absolute atomic E-state index is 11.3. The van der Waals surface area contributed by atoms with Gasteiger partial charge in [-0.15, -0.1) is 11.3 Å². The maximum atomic E-state index is 11.3. The Hall–Kier alpha value is -2.42. The van der Waals surface area contributed by atoms with Gasteiger partial charge >= 0.3 is 0 Å². The lowest BCUT2D eigenvalue weighted by molar-refractivity contribution is 0.261. The molecular formula is C20H23N3O3S2. The van der Waals surface area contributed by atoms with Crippen LogP contribution in [0, 0.1) is 0 Å². The molecule has 0 saturated heterocycles. The molecule has 0 atom stereocenters. The van der Waals surface area contributed by atoms with Crippen LogP contribution in [-0.4, -0.2) is 51.8 Å². The van der Waals surface area contributed by atoms with E-state index in [0.29, 0.717) is 12.3 Å². The van der Waals surface area contributed by atoms with Crippen molar-refractivity contribution in [1.29, 1.82) is 0 Å². The molecule has 1 heterocycles. The molecule has 1 aromatic heterocycles. The molecule has 3 aromatic rings. The molecule has 0 radical (unpaired) electrons. The Morgan fingerprint density at radius 1 is 1.04 bits per heavy atom. The van der Waals surface area contributed by atoms with Crippen LogP contribution in [0.25, 0.3) is 21.8 Å². The monoisotopic (exact) mass is 417 g/mol.